The molecule has 1 rings (SSSR count). The molecule has 15 heavy (non-hydrogen) atoms. The Morgan fingerprint density at radius 3 is 2.13 bits per heavy atom. The summed E-state index contributed by atoms with van der Waals surface area (Å²) in [5, 5.41) is 0. The average Bonchev–Trinajstić information content (AvgIpc) is 2.20. The molecule has 2 N–H and O–H groups in total. The molecule has 0 aliphatic carbocycles. The van der Waals surface area contributed by atoms with Crippen molar-refractivity contribution in [3.05, 3.63) is 35.4 Å². The minimum Gasteiger partial charge on any atom is -0.330 e. The fourth-order valence-corrected chi connectivity index (χ4v) is 2.03. The lowest BCUT2D eigenvalue weighted by atomic mass is 9.93. The third-order valence-corrected chi connectivity index (χ3v) is 2.89. The van der Waals surface area contributed by atoms with Crippen LogP contribution in [0.5, 0.6) is 0 Å². The highest BCUT2D eigenvalue weighted by Gasteiger charge is 2.19. The summed E-state index contributed by atoms with van der Waals surface area (Å²) in [4.78, 5) is 2.24. The molecule has 1 aromatic carbocycles. The van der Waals surface area contributed by atoms with E-state index in [-0.39, 0.29) is 0 Å². The van der Waals surface area contributed by atoms with Gasteiger partial charge in [0.1, 0.15) is 0 Å². The molecule has 1 aromatic rings. The Morgan fingerprint density at radius 2 is 1.73 bits per heavy atom. The molecule has 0 bridgehead atoms. The molecule has 2 atom stereocenters. The second-order valence-corrected chi connectivity index (χ2v) is 4.53. The lowest BCUT2D eigenvalue weighted by Gasteiger charge is -2.30. The summed E-state index contributed by atoms with van der Waals surface area (Å²) >= 11 is 0. The van der Waals surface area contributed by atoms with E-state index in [1.807, 2.05) is 0 Å². The Morgan fingerprint density at radius 1 is 1.20 bits per heavy atom. The summed E-state index contributed by atoms with van der Waals surface area (Å²) in [7, 11) is 4.22. The zero-order valence-electron chi connectivity index (χ0n) is 10.2. The molecule has 2 heteroatoms. The van der Waals surface area contributed by atoms with Gasteiger partial charge in [0.25, 0.3) is 0 Å². The highest BCUT2D eigenvalue weighted by molar-refractivity contribution is 5.24. The fraction of sp³-hybridized carbons (Fsp3) is 0.538. The summed E-state index contributed by atoms with van der Waals surface area (Å²) in [5.41, 5.74) is 8.40. The van der Waals surface area contributed by atoms with E-state index in [0.29, 0.717) is 12.0 Å². The molecular weight excluding hydrogens is 184 g/mol. The lowest BCUT2D eigenvalue weighted by Crippen LogP contribution is -2.30. The standard InChI is InChI=1S/C13H22N2/c1-10-5-7-12(8-6-10)13(15(3)4)11(2)9-14/h5-8,11,13H,9,14H2,1-4H3. The Hall–Kier alpha value is -0.860. The van der Waals surface area contributed by atoms with Gasteiger partial charge in [-0.3, -0.25) is 0 Å². The number of nitrogens with two attached hydrogens (primary N) is 1. The molecule has 0 saturated carbocycles. The highest BCUT2D eigenvalue weighted by Crippen LogP contribution is 2.26. The first kappa shape index (κ1) is 12.2. The van der Waals surface area contributed by atoms with Crippen LogP contribution in [0, 0.1) is 12.8 Å². The van der Waals surface area contributed by atoms with E-state index < -0.39 is 0 Å². The van der Waals surface area contributed by atoms with Gasteiger partial charge in [-0.1, -0.05) is 36.8 Å². The normalized spacial score (nSPS) is 15.3. The van der Waals surface area contributed by atoms with E-state index in [4.69, 9.17) is 5.73 Å². The topological polar surface area (TPSA) is 29.3 Å². The molecule has 0 saturated heterocycles. The van der Waals surface area contributed by atoms with Crippen LogP contribution in [0.1, 0.15) is 24.1 Å². The van der Waals surface area contributed by atoms with Gasteiger partial charge in [-0.2, -0.15) is 0 Å². The van der Waals surface area contributed by atoms with Gasteiger partial charge in [0.15, 0.2) is 0 Å². The summed E-state index contributed by atoms with van der Waals surface area (Å²) < 4.78 is 0. The van der Waals surface area contributed by atoms with Crippen LogP contribution < -0.4 is 5.73 Å². The van der Waals surface area contributed by atoms with Crippen molar-refractivity contribution < 1.29 is 0 Å². The van der Waals surface area contributed by atoms with Crippen molar-refractivity contribution in [2.45, 2.75) is 19.9 Å². The van der Waals surface area contributed by atoms with E-state index >= 15 is 0 Å². The van der Waals surface area contributed by atoms with E-state index in [9.17, 15) is 0 Å². The second-order valence-electron chi connectivity index (χ2n) is 4.53. The Labute approximate surface area is 93.1 Å². The smallest absolute Gasteiger partial charge is 0.0379 e. The van der Waals surface area contributed by atoms with E-state index in [2.05, 4.69) is 57.1 Å². The Kier molecular flexibility index (Phi) is 4.30. The monoisotopic (exact) mass is 206 g/mol. The molecule has 0 fully saturated rings. The highest BCUT2D eigenvalue weighted by atomic mass is 15.1. The van der Waals surface area contributed by atoms with Crippen molar-refractivity contribution in [1.82, 2.24) is 4.90 Å². The summed E-state index contributed by atoms with van der Waals surface area (Å²) in [6.07, 6.45) is 0. The van der Waals surface area contributed by atoms with Crippen LogP contribution in [-0.2, 0) is 0 Å². The van der Waals surface area contributed by atoms with Crippen LogP contribution in [0.15, 0.2) is 24.3 Å². The third-order valence-electron chi connectivity index (χ3n) is 2.89. The first-order valence-electron chi connectivity index (χ1n) is 5.49. The van der Waals surface area contributed by atoms with Crippen molar-refractivity contribution in [2.75, 3.05) is 20.6 Å². The Balaban J connectivity index is 2.94. The molecule has 0 aromatic heterocycles. The van der Waals surface area contributed by atoms with Crippen molar-refractivity contribution in [2.24, 2.45) is 11.7 Å². The molecule has 2 unspecified atom stereocenters. The lowest BCUT2D eigenvalue weighted by molar-refractivity contribution is 0.227. The van der Waals surface area contributed by atoms with Crippen LogP contribution in [0.2, 0.25) is 0 Å². The molecule has 0 radical (unpaired) electrons. The molecule has 0 heterocycles. The number of benzene rings is 1. The molecule has 0 aliphatic rings. The van der Waals surface area contributed by atoms with Crippen LogP contribution >= 0.6 is 0 Å². The molecule has 2 nitrogen and oxygen atoms in total. The zero-order chi connectivity index (χ0) is 11.4. The summed E-state index contributed by atoms with van der Waals surface area (Å²) in [6.45, 7) is 5.03. The van der Waals surface area contributed by atoms with Crippen LogP contribution in [-0.4, -0.2) is 25.5 Å². The van der Waals surface area contributed by atoms with Gasteiger partial charge in [0.2, 0.25) is 0 Å². The minimum atomic E-state index is 0.413. The molecule has 0 spiro atoms. The molecule has 0 aliphatic heterocycles. The quantitative estimate of drug-likeness (QED) is 0.818. The summed E-state index contributed by atoms with van der Waals surface area (Å²) in [5.74, 6) is 0.475. The molecule has 84 valence electrons. The predicted octanol–water partition coefficient (Wildman–Crippen LogP) is 2.19. The van der Waals surface area contributed by atoms with Gasteiger partial charge < -0.3 is 10.6 Å². The maximum absolute atomic E-state index is 5.75. The van der Waals surface area contributed by atoms with Gasteiger partial charge in [-0.25, -0.2) is 0 Å². The molecule has 0 amide bonds. The SMILES string of the molecule is Cc1ccc(C(C(C)CN)N(C)C)cc1. The van der Waals surface area contributed by atoms with Gasteiger partial charge in [0.05, 0.1) is 0 Å². The largest absolute Gasteiger partial charge is 0.330 e. The second kappa shape index (κ2) is 5.29. The number of hydrogen-bond acceptors (Lipinski definition) is 2. The first-order chi connectivity index (χ1) is 7.06. The maximum atomic E-state index is 5.75. The number of rotatable bonds is 4. The van der Waals surface area contributed by atoms with Gasteiger partial charge >= 0.3 is 0 Å². The van der Waals surface area contributed by atoms with Gasteiger partial charge in [-0.15, -0.1) is 0 Å². The van der Waals surface area contributed by atoms with Crippen LogP contribution in [0.25, 0.3) is 0 Å². The van der Waals surface area contributed by atoms with E-state index in [0.717, 1.165) is 6.54 Å². The molecular formula is C13H22N2. The zero-order valence-corrected chi connectivity index (χ0v) is 10.2. The predicted molar refractivity (Wildman–Crippen MR) is 65.8 cm³/mol. The third kappa shape index (κ3) is 3.05. The number of hydrogen-bond donors (Lipinski definition) is 1. The van der Waals surface area contributed by atoms with Crippen molar-refractivity contribution >= 4 is 0 Å². The first-order valence-corrected chi connectivity index (χ1v) is 5.49. The Bertz CT molecular complexity index is 290. The van der Waals surface area contributed by atoms with Gasteiger partial charge in [-0.05, 0) is 39.0 Å². The van der Waals surface area contributed by atoms with Crippen molar-refractivity contribution in [1.29, 1.82) is 0 Å². The van der Waals surface area contributed by atoms with Gasteiger partial charge in [0, 0.05) is 6.04 Å². The maximum Gasteiger partial charge on any atom is 0.0379 e. The minimum absolute atomic E-state index is 0.413. The van der Waals surface area contributed by atoms with E-state index in [1.54, 1.807) is 0 Å². The van der Waals surface area contributed by atoms with Crippen molar-refractivity contribution in [3.8, 4) is 0 Å². The van der Waals surface area contributed by atoms with Crippen molar-refractivity contribution in [3.63, 3.8) is 0 Å². The van der Waals surface area contributed by atoms with Crippen LogP contribution in [0.4, 0.5) is 0 Å². The summed E-state index contributed by atoms with van der Waals surface area (Å²) in [6, 6.07) is 9.14. The fourth-order valence-electron chi connectivity index (χ4n) is 2.03. The average molecular weight is 206 g/mol. The number of aryl methyl sites for hydroxylation is 1. The van der Waals surface area contributed by atoms with Crippen LogP contribution in [0.3, 0.4) is 0 Å². The number of nitrogens with zero attached hydrogens (tertiary/aromatic N) is 1. The van der Waals surface area contributed by atoms with E-state index in [1.165, 1.54) is 11.1 Å².